The van der Waals surface area contributed by atoms with Gasteiger partial charge in [0.2, 0.25) is 0 Å². The summed E-state index contributed by atoms with van der Waals surface area (Å²) in [5.41, 5.74) is 3.98. The van der Waals surface area contributed by atoms with E-state index in [1.807, 2.05) is 0 Å². The summed E-state index contributed by atoms with van der Waals surface area (Å²) < 4.78 is 33.2. The van der Waals surface area contributed by atoms with Gasteiger partial charge in [-0.1, -0.05) is 49.0 Å². The van der Waals surface area contributed by atoms with E-state index in [2.05, 4.69) is 16.8 Å². The van der Waals surface area contributed by atoms with Gasteiger partial charge in [0.15, 0.2) is 5.78 Å². The molecule has 0 atom stereocenters. The van der Waals surface area contributed by atoms with E-state index in [1.54, 1.807) is 49.4 Å². The predicted octanol–water partition coefficient (Wildman–Crippen LogP) is 2.63. The lowest BCUT2D eigenvalue weighted by molar-refractivity contribution is -0.137. The molecule has 0 bridgehead atoms. The van der Waals surface area contributed by atoms with Crippen LogP contribution in [0.25, 0.3) is 0 Å². The average molecular weight is 389 g/mol. The van der Waals surface area contributed by atoms with Gasteiger partial charge in [0.05, 0.1) is 11.3 Å². The molecule has 1 N–H and O–H groups in total. The van der Waals surface area contributed by atoms with E-state index in [4.69, 9.17) is 4.28 Å². The third kappa shape index (κ3) is 5.77. The van der Waals surface area contributed by atoms with Gasteiger partial charge in [-0.15, -0.1) is 0 Å². The van der Waals surface area contributed by atoms with Crippen molar-refractivity contribution in [1.82, 2.24) is 0 Å². The number of esters is 1. The normalized spacial score (nSPS) is 10.9. The summed E-state index contributed by atoms with van der Waals surface area (Å²) in [6, 6.07) is 13.6. The average Bonchev–Trinajstić information content (AvgIpc) is 2.66. The topological polar surface area (TPSA) is 98.8 Å². The highest BCUT2D eigenvalue weighted by molar-refractivity contribution is 7.86. The van der Waals surface area contributed by atoms with E-state index in [1.165, 1.54) is 6.07 Å². The third-order valence-corrected chi connectivity index (χ3v) is 4.56. The Labute approximate surface area is 157 Å². The molecule has 2 aromatic rings. The summed E-state index contributed by atoms with van der Waals surface area (Å²) >= 11 is 0. The number of hydrogen-bond acceptors (Lipinski definition) is 7. The zero-order chi connectivity index (χ0) is 19.9. The number of ketones is 1. The quantitative estimate of drug-likeness (QED) is 0.305. The van der Waals surface area contributed by atoms with Crippen LogP contribution in [0.1, 0.15) is 21.5 Å². The molecule has 0 amide bonds. The Balaban J connectivity index is 2.13. The molecule has 0 aliphatic heterocycles. The van der Waals surface area contributed by atoms with Crippen molar-refractivity contribution < 1.29 is 27.0 Å². The molecule has 8 heteroatoms. The van der Waals surface area contributed by atoms with Crippen LogP contribution in [0.2, 0.25) is 0 Å². The second-order valence-electron chi connectivity index (χ2n) is 5.51. The number of carbonyl (C=O) groups excluding carboxylic acids is 2. The molecular weight excluding hydrogens is 370 g/mol. The highest BCUT2D eigenvalue weighted by Crippen LogP contribution is 2.23. The van der Waals surface area contributed by atoms with Crippen LogP contribution in [0, 0.1) is 6.92 Å². The largest absolute Gasteiger partial charge is 0.461 e. The summed E-state index contributed by atoms with van der Waals surface area (Å²) in [5.74, 6) is -1.54. The minimum absolute atomic E-state index is 0.218. The van der Waals surface area contributed by atoms with E-state index < -0.39 is 21.8 Å². The van der Waals surface area contributed by atoms with Gasteiger partial charge in [-0.25, -0.2) is 10.3 Å². The first-order chi connectivity index (χ1) is 12.8. The fourth-order valence-corrected chi connectivity index (χ4v) is 2.83. The van der Waals surface area contributed by atoms with Crippen LogP contribution in [0.4, 0.5) is 5.69 Å². The monoisotopic (exact) mass is 389 g/mol. The summed E-state index contributed by atoms with van der Waals surface area (Å²) in [5, 5.41) is 0. The van der Waals surface area contributed by atoms with Crippen molar-refractivity contribution in [3.05, 3.63) is 77.9 Å². The van der Waals surface area contributed by atoms with Crippen LogP contribution >= 0.6 is 0 Å². The third-order valence-electron chi connectivity index (χ3n) is 3.56. The summed E-state index contributed by atoms with van der Waals surface area (Å²) in [6.07, 6.45) is 0.930. The molecule has 0 aliphatic rings. The number of benzene rings is 2. The van der Waals surface area contributed by atoms with Crippen molar-refractivity contribution in [2.45, 2.75) is 6.92 Å². The van der Waals surface area contributed by atoms with Gasteiger partial charge in [0, 0.05) is 11.6 Å². The van der Waals surface area contributed by atoms with Crippen molar-refractivity contribution in [2.75, 3.05) is 17.8 Å². The summed E-state index contributed by atoms with van der Waals surface area (Å²) in [6.45, 7) is 4.58. The predicted molar refractivity (Wildman–Crippen MR) is 101 cm³/mol. The van der Waals surface area contributed by atoms with Gasteiger partial charge >= 0.3 is 5.97 Å². The van der Waals surface area contributed by atoms with E-state index >= 15 is 0 Å². The van der Waals surface area contributed by atoms with Crippen molar-refractivity contribution in [1.29, 1.82) is 0 Å². The molecule has 0 aromatic heterocycles. The fourth-order valence-electron chi connectivity index (χ4n) is 2.24. The molecular formula is C19H19NO6S. The molecule has 0 heterocycles. The SMILES string of the molecule is C=CC(=O)OCCS(=O)(=O)ONc1cccc(C)c1C(=O)c1ccccc1. The van der Waals surface area contributed by atoms with E-state index in [0.29, 0.717) is 16.7 Å². The van der Waals surface area contributed by atoms with Gasteiger partial charge < -0.3 is 4.74 Å². The second kappa shape index (κ2) is 9.11. The zero-order valence-electron chi connectivity index (χ0n) is 14.7. The number of rotatable bonds is 9. The Kier molecular flexibility index (Phi) is 6.86. The van der Waals surface area contributed by atoms with Crippen LogP contribution in [-0.2, 0) is 23.9 Å². The molecule has 27 heavy (non-hydrogen) atoms. The van der Waals surface area contributed by atoms with Gasteiger partial charge in [-0.3, -0.25) is 4.79 Å². The van der Waals surface area contributed by atoms with Crippen molar-refractivity contribution in [3.8, 4) is 0 Å². The molecule has 0 radical (unpaired) electrons. The summed E-state index contributed by atoms with van der Waals surface area (Å²) in [4.78, 5) is 23.7. The number of anilines is 1. The lowest BCUT2D eigenvalue weighted by Crippen LogP contribution is -2.20. The maximum Gasteiger partial charge on any atom is 0.330 e. The van der Waals surface area contributed by atoms with E-state index in [0.717, 1.165) is 6.08 Å². The first kappa shape index (κ1) is 20.3. The van der Waals surface area contributed by atoms with Gasteiger partial charge in [0.1, 0.15) is 12.4 Å². The molecule has 2 rings (SSSR count). The van der Waals surface area contributed by atoms with Gasteiger partial charge in [-0.2, -0.15) is 12.7 Å². The number of nitrogens with one attached hydrogen (secondary N) is 1. The van der Waals surface area contributed by atoms with Gasteiger partial charge in [0.25, 0.3) is 10.1 Å². The molecule has 142 valence electrons. The minimum atomic E-state index is -4.04. The molecule has 7 nitrogen and oxygen atoms in total. The van der Waals surface area contributed by atoms with E-state index in [9.17, 15) is 18.0 Å². The highest BCUT2D eigenvalue weighted by Gasteiger charge is 2.19. The standard InChI is InChI=1S/C19H19NO6S/c1-3-17(21)25-12-13-27(23,24)26-20-16-11-7-8-14(2)18(16)19(22)15-9-5-4-6-10-15/h3-11,20H,1,12-13H2,2H3. The molecule has 0 fully saturated rings. The van der Waals surface area contributed by atoms with Crippen molar-refractivity contribution in [3.63, 3.8) is 0 Å². The molecule has 0 saturated carbocycles. The van der Waals surface area contributed by atoms with Crippen LogP contribution in [0.3, 0.4) is 0 Å². The molecule has 0 saturated heterocycles. The van der Waals surface area contributed by atoms with Crippen LogP contribution in [-0.4, -0.2) is 32.5 Å². The Morgan fingerprint density at radius 2 is 1.81 bits per heavy atom. The second-order valence-corrected chi connectivity index (χ2v) is 7.20. The Bertz CT molecular complexity index is 938. The van der Waals surface area contributed by atoms with Gasteiger partial charge in [-0.05, 0) is 18.6 Å². The maximum atomic E-state index is 12.8. The fraction of sp³-hybridized carbons (Fsp3) is 0.158. The highest BCUT2D eigenvalue weighted by atomic mass is 32.2. The first-order valence-corrected chi connectivity index (χ1v) is 9.57. The lowest BCUT2D eigenvalue weighted by Gasteiger charge is -2.13. The zero-order valence-corrected chi connectivity index (χ0v) is 15.5. The van der Waals surface area contributed by atoms with E-state index in [-0.39, 0.29) is 18.1 Å². The first-order valence-electron chi connectivity index (χ1n) is 8.00. The van der Waals surface area contributed by atoms with Crippen LogP contribution in [0.5, 0.6) is 0 Å². The van der Waals surface area contributed by atoms with Crippen LogP contribution < -0.4 is 5.48 Å². The number of aryl methyl sites for hydroxylation is 1. The molecule has 2 aromatic carbocycles. The maximum absolute atomic E-state index is 12.8. The van der Waals surface area contributed by atoms with Crippen molar-refractivity contribution in [2.24, 2.45) is 0 Å². The number of ether oxygens (including phenoxy) is 1. The van der Waals surface area contributed by atoms with Crippen LogP contribution in [0.15, 0.2) is 61.2 Å². The Hall–Kier alpha value is -2.97. The molecule has 0 spiro atoms. The summed E-state index contributed by atoms with van der Waals surface area (Å²) in [7, 11) is -4.04. The Morgan fingerprint density at radius 3 is 2.48 bits per heavy atom. The Morgan fingerprint density at radius 1 is 1.11 bits per heavy atom. The number of carbonyl (C=O) groups is 2. The minimum Gasteiger partial charge on any atom is -0.461 e. The lowest BCUT2D eigenvalue weighted by atomic mass is 9.97. The number of hydrogen-bond donors (Lipinski definition) is 1. The smallest absolute Gasteiger partial charge is 0.330 e. The van der Waals surface area contributed by atoms with Crippen molar-refractivity contribution >= 4 is 27.6 Å². The molecule has 0 unspecified atom stereocenters. The molecule has 0 aliphatic carbocycles.